The van der Waals surface area contributed by atoms with Gasteiger partial charge in [0.2, 0.25) is 0 Å². The Bertz CT molecular complexity index is 939. The number of unbranched alkanes of at least 4 members (excludes halogenated alkanes) is 6. The van der Waals surface area contributed by atoms with Crippen LogP contribution in [-0.2, 0) is 12.8 Å². The van der Waals surface area contributed by atoms with Gasteiger partial charge < -0.3 is 5.53 Å². The summed E-state index contributed by atoms with van der Waals surface area (Å²) in [4.78, 5) is 3.26. The van der Waals surface area contributed by atoms with Crippen molar-refractivity contribution in [2.24, 2.45) is 0 Å². The molecule has 0 radical (unpaired) electrons. The topological polar surface area (TPSA) is 36.4 Å². The molecule has 33 heavy (non-hydrogen) atoms. The lowest BCUT2D eigenvalue weighted by atomic mass is 9.92. The van der Waals surface area contributed by atoms with Crippen LogP contribution < -0.4 is 0 Å². The Morgan fingerprint density at radius 2 is 1.45 bits per heavy atom. The molecule has 0 aliphatic rings. The molecule has 2 aromatic rings. The molecule has 2 aromatic carbocycles. The van der Waals surface area contributed by atoms with E-state index >= 15 is 0 Å². The van der Waals surface area contributed by atoms with E-state index in [1.165, 1.54) is 79.2 Å². The summed E-state index contributed by atoms with van der Waals surface area (Å²) in [6.45, 7) is 6.71. The van der Waals surface area contributed by atoms with E-state index in [1.54, 1.807) is 0 Å². The van der Waals surface area contributed by atoms with E-state index in [9.17, 15) is 5.53 Å². The molecule has 0 aliphatic carbocycles. The van der Waals surface area contributed by atoms with Crippen molar-refractivity contribution in [1.82, 2.24) is 0 Å². The van der Waals surface area contributed by atoms with Gasteiger partial charge in [-0.1, -0.05) is 108 Å². The predicted octanol–water partition coefficient (Wildman–Crippen LogP) is 8.99. The molecule has 0 bridgehead atoms. The molecule has 0 aromatic heterocycles. The summed E-state index contributed by atoms with van der Waals surface area (Å²) in [5.74, 6) is 2.84. The minimum absolute atomic E-state index is 0.873. The van der Waals surface area contributed by atoms with Gasteiger partial charge in [-0.2, -0.15) is 0 Å². The second kappa shape index (κ2) is 16.0. The second-order valence-electron chi connectivity index (χ2n) is 9.06. The number of hydrogen-bond donors (Lipinski definition) is 0. The fourth-order valence-electron chi connectivity index (χ4n) is 4.18. The Morgan fingerprint density at radius 3 is 2.15 bits per heavy atom. The zero-order valence-corrected chi connectivity index (χ0v) is 21.1. The van der Waals surface area contributed by atoms with Gasteiger partial charge >= 0.3 is 5.87 Å². The largest absolute Gasteiger partial charge is 0.348 e. The van der Waals surface area contributed by atoms with Gasteiger partial charge in [-0.25, -0.2) is 0 Å². The average Bonchev–Trinajstić information content (AvgIpc) is 2.84. The maximum Gasteiger partial charge on any atom is 0.303 e. The van der Waals surface area contributed by atoms with Crippen LogP contribution in [0.25, 0.3) is 11.1 Å². The van der Waals surface area contributed by atoms with Gasteiger partial charge in [0, 0.05) is 0 Å². The molecule has 176 valence electrons. The van der Waals surface area contributed by atoms with E-state index in [1.807, 2.05) is 0 Å². The van der Waals surface area contributed by atoms with Crippen LogP contribution in [0.1, 0.15) is 107 Å². The number of allylic oxidation sites excluding steroid dienone is 2. The third-order valence-electron chi connectivity index (χ3n) is 6.20. The Morgan fingerprint density at radius 1 is 0.758 bits per heavy atom. The summed E-state index contributed by atoms with van der Waals surface area (Å²) in [6.07, 6.45) is 16.2. The van der Waals surface area contributed by atoms with Crippen LogP contribution in [0.15, 0.2) is 60.2 Å². The van der Waals surface area contributed by atoms with E-state index in [4.69, 9.17) is 0 Å². The maximum absolute atomic E-state index is 9.24. The van der Waals surface area contributed by atoms with Crippen LogP contribution in [0.2, 0.25) is 0 Å². The summed E-state index contributed by atoms with van der Waals surface area (Å²) >= 11 is 0. The molecule has 0 saturated heterocycles. The first-order valence-corrected chi connectivity index (χ1v) is 13.1. The highest BCUT2D eigenvalue weighted by molar-refractivity contribution is 5.83. The standard InChI is InChI=1S/C31H42N2/c1-4-7-10-12-16-28(25-33-32)24-31(30-18-13-17-27(23-30)14-9-6-3)29-21-19-26(20-22-29)15-11-8-5-2/h13,17-24H,4-12,14-16H2,1-3H3. The van der Waals surface area contributed by atoms with Crippen LogP contribution in [0.4, 0.5) is 0 Å². The normalized spacial score (nSPS) is 11.2. The minimum Gasteiger partial charge on any atom is -0.348 e. The molecule has 0 heterocycles. The SMILES string of the molecule is CCCCCCC(=C=[N+]=[N-])C=C(c1ccc(CCCCC)cc1)c1cccc(CCCC)c1. The van der Waals surface area contributed by atoms with Gasteiger partial charge in [0.1, 0.15) is 0 Å². The van der Waals surface area contributed by atoms with Gasteiger partial charge in [0.15, 0.2) is 0 Å². The van der Waals surface area contributed by atoms with Crippen molar-refractivity contribution in [3.05, 3.63) is 88.0 Å². The Kier molecular flexibility index (Phi) is 12.9. The fourth-order valence-corrected chi connectivity index (χ4v) is 4.18. The Hall–Kier alpha value is -2.66. The first-order chi connectivity index (χ1) is 16.2. The lowest BCUT2D eigenvalue weighted by Crippen LogP contribution is -1.95. The molecule has 0 saturated carbocycles. The van der Waals surface area contributed by atoms with E-state index in [-0.39, 0.29) is 0 Å². The van der Waals surface area contributed by atoms with Crippen molar-refractivity contribution in [3.63, 3.8) is 0 Å². The van der Waals surface area contributed by atoms with Crippen molar-refractivity contribution >= 4 is 11.4 Å². The maximum atomic E-state index is 9.24. The summed E-state index contributed by atoms with van der Waals surface area (Å²) in [5.41, 5.74) is 16.6. The quantitative estimate of drug-likeness (QED) is 0.0867. The summed E-state index contributed by atoms with van der Waals surface area (Å²) in [5, 5.41) is 0. The Labute approximate surface area is 202 Å². The summed E-state index contributed by atoms with van der Waals surface area (Å²) in [6, 6.07) is 17.9. The summed E-state index contributed by atoms with van der Waals surface area (Å²) in [7, 11) is 0. The zero-order valence-electron chi connectivity index (χ0n) is 21.1. The van der Waals surface area contributed by atoms with Crippen LogP contribution in [0.3, 0.4) is 0 Å². The van der Waals surface area contributed by atoms with Crippen molar-refractivity contribution in [3.8, 4) is 0 Å². The van der Waals surface area contributed by atoms with Gasteiger partial charge in [0.25, 0.3) is 0 Å². The van der Waals surface area contributed by atoms with E-state index in [0.29, 0.717) is 0 Å². The van der Waals surface area contributed by atoms with Gasteiger partial charge in [-0.15, -0.1) is 4.79 Å². The third kappa shape index (κ3) is 9.79. The molecule has 0 spiro atoms. The minimum atomic E-state index is 0.873. The molecule has 0 N–H and O–H groups in total. The lowest BCUT2D eigenvalue weighted by Gasteiger charge is -2.12. The number of nitrogens with zero attached hydrogens (tertiary/aromatic N) is 2. The highest BCUT2D eigenvalue weighted by Gasteiger charge is 2.10. The molecule has 0 unspecified atom stereocenters. The molecular formula is C31H42N2. The molecule has 0 amide bonds. The monoisotopic (exact) mass is 442 g/mol. The van der Waals surface area contributed by atoms with E-state index < -0.39 is 0 Å². The smallest absolute Gasteiger partial charge is 0.303 e. The molecule has 2 heteroatoms. The van der Waals surface area contributed by atoms with Crippen molar-refractivity contribution < 1.29 is 4.79 Å². The molecule has 0 aliphatic heterocycles. The molecule has 0 fully saturated rings. The average molecular weight is 443 g/mol. The number of aryl methyl sites for hydroxylation is 2. The van der Waals surface area contributed by atoms with Crippen LogP contribution in [0, 0.1) is 0 Å². The van der Waals surface area contributed by atoms with Gasteiger partial charge in [-0.05, 0) is 72.4 Å². The first-order valence-electron chi connectivity index (χ1n) is 13.1. The van der Waals surface area contributed by atoms with Crippen LogP contribution in [0.5, 0.6) is 0 Å². The number of rotatable bonds is 15. The number of benzene rings is 2. The Balaban J connectivity index is 2.40. The van der Waals surface area contributed by atoms with E-state index in [0.717, 1.165) is 31.3 Å². The second-order valence-corrected chi connectivity index (χ2v) is 9.06. The van der Waals surface area contributed by atoms with Gasteiger partial charge in [0.05, 0.1) is 5.57 Å². The summed E-state index contributed by atoms with van der Waals surface area (Å²) < 4.78 is 0. The van der Waals surface area contributed by atoms with Gasteiger partial charge in [-0.3, -0.25) is 0 Å². The molecule has 2 nitrogen and oxygen atoms in total. The molecular weight excluding hydrogens is 400 g/mol. The molecule has 2 rings (SSSR count). The van der Waals surface area contributed by atoms with Crippen LogP contribution in [-0.4, -0.2) is 10.7 Å². The molecule has 0 atom stereocenters. The van der Waals surface area contributed by atoms with Crippen molar-refractivity contribution in [2.75, 3.05) is 0 Å². The first kappa shape index (κ1) is 26.6. The number of hydrogen-bond acceptors (Lipinski definition) is 0. The zero-order chi connectivity index (χ0) is 23.7. The van der Waals surface area contributed by atoms with Crippen LogP contribution >= 0.6 is 0 Å². The third-order valence-corrected chi connectivity index (χ3v) is 6.20. The predicted molar refractivity (Wildman–Crippen MR) is 143 cm³/mol. The fraction of sp³-hybridized carbons (Fsp3) is 0.484. The lowest BCUT2D eigenvalue weighted by molar-refractivity contribution is 0.00746. The highest BCUT2D eigenvalue weighted by Crippen LogP contribution is 2.28. The highest BCUT2D eigenvalue weighted by atomic mass is 14.8. The van der Waals surface area contributed by atoms with E-state index in [2.05, 4.69) is 86.0 Å². The van der Waals surface area contributed by atoms with Crippen molar-refractivity contribution in [1.29, 1.82) is 0 Å². The van der Waals surface area contributed by atoms with Crippen molar-refractivity contribution in [2.45, 2.75) is 97.8 Å².